The van der Waals surface area contributed by atoms with Crippen molar-refractivity contribution in [1.29, 1.82) is 0 Å². The Morgan fingerprint density at radius 2 is 1.76 bits per heavy atom. The lowest BCUT2D eigenvalue weighted by Gasteiger charge is -2.34. The molecule has 0 saturated carbocycles. The van der Waals surface area contributed by atoms with Crippen LogP contribution in [0.1, 0.15) is 16.5 Å². The summed E-state index contributed by atoms with van der Waals surface area (Å²) in [4.78, 5) is 3.40. The molecule has 1 aliphatic heterocycles. The maximum atomic E-state index is 13.5. The predicted octanol–water partition coefficient (Wildman–Crippen LogP) is 3.44. The van der Waals surface area contributed by atoms with Gasteiger partial charge in [-0.25, -0.2) is 8.78 Å². The Bertz CT molecular complexity index is 551. The monoisotopic (exact) mass is 330 g/mol. The van der Waals surface area contributed by atoms with Gasteiger partial charge in [0.1, 0.15) is 11.6 Å². The minimum atomic E-state index is -0.517. The molecule has 1 atom stereocenters. The summed E-state index contributed by atoms with van der Waals surface area (Å²) >= 11 is 1.62. The van der Waals surface area contributed by atoms with Gasteiger partial charge in [0.2, 0.25) is 0 Å². The highest BCUT2D eigenvalue weighted by Crippen LogP contribution is 2.32. The summed E-state index contributed by atoms with van der Waals surface area (Å²) in [6.45, 7) is 3.56. The van der Waals surface area contributed by atoms with E-state index in [0.717, 1.165) is 37.1 Å². The number of benzene rings is 1. The lowest BCUT2D eigenvalue weighted by molar-refractivity contribution is 0.200. The number of hydrogen-bond donors (Lipinski definition) is 1. The van der Waals surface area contributed by atoms with Gasteiger partial charge < -0.3 is 5.32 Å². The Balaban J connectivity index is 0.00000161. The Labute approximate surface area is 133 Å². The maximum absolute atomic E-state index is 13.5. The van der Waals surface area contributed by atoms with E-state index >= 15 is 0 Å². The standard InChI is InChI=1S/C15H16F2N2S.ClH/c16-12-8-11(9-13(17)10-12)15(14-2-1-7-20-14)19-5-3-18-4-6-19;/h1-2,7-10,15,18H,3-6H2;1H/t15-;/m1./s1. The van der Waals surface area contributed by atoms with Crippen molar-refractivity contribution in [3.05, 3.63) is 57.8 Å². The molecule has 0 bridgehead atoms. The van der Waals surface area contributed by atoms with Crippen molar-refractivity contribution in [3.8, 4) is 0 Å². The molecule has 1 saturated heterocycles. The van der Waals surface area contributed by atoms with E-state index in [-0.39, 0.29) is 18.4 Å². The van der Waals surface area contributed by atoms with Crippen LogP contribution in [0.3, 0.4) is 0 Å². The highest BCUT2D eigenvalue weighted by atomic mass is 35.5. The van der Waals surface area contributed by atoms with Gasteiger partial charge in [0, 0.05) is 37.1 Å². The Morgan fingerprint density at radius 1 is 1.10 bits per heavy atom. The predicted molar refractivity (Wildman–Crippen MR) is 84.2 cm³/mol. The minimum absolute atomic E-state index is 0. The quantitative estimate of drug-likeness (QED) is 0.927. The van der Waals surface area contributed by atoms with Gasteiger partial charge in [-0.2, -0.15) is 0 Å². The first-order valence-corrected chi connectivity index (χ1v) is 7.56. The molecule has 0 unspecified atom stereocenters. The summed E-state index contributed by atoms with van der Waals surface area (Å²) in [6.07, 6.45) is 0. The van der Waals surface area contributed by atoms with E-state index in [4.69, 9.17) is 0 Å². The van der Waals surface area contributed by atoms with Crippen LogP contribution in [-0.4, -0.2) is 31.1 Å². The van der Waals surface area contributed by atoms with Crippen LogP contribution < -0.4 is 5.32 Å². The van der Waals surface area contributed by atoms with Crippen LogP contribution in [0.15, 0.2) is 35.7 Å². The third kappa shape index (κ3) is 3.80. The van der Waals surface area contributed by atoms with Gasteiger partial charge in [-0.1, -0.05) is 6.07 Å². The highest BCUT2D eigenvalue weighted by molar-refractivity contribution is 7.10. The second kappa shape index (κ2) is 7.31. The number of piperazine rings is 1. The molecule has 0 radical (unpaired) electrons. The van der Waals surface area contributed by atoms with Crippen LogP contribution >= 0.6 is 23.7 Å². The molecule has 0 spiro atoms. The number of rotatable bonds is 3. The fourth-order valence-corrected chi connectivity index (χ4v) is 3.56. The molecule has 6 heteroatoms. The molecule has 2 heterocycles. The number of halogens is 3. The van der Waals surface area contributed by atoms with Crippen molar-refractivity contribution in [3.63, 3.8) is 0 Å². The largest absolute Gasteiger partial charge is 0.314 e. The van der Waals surface area contributed by atoms with Gasteiger partial charge in [-0.3, -0.25) is 4.90 Å². The van der Waals surface area contributed by atoms with Crippen molar-refractivity contribution in [2.24, 2.45) is 0 Å². The first kappa shape index (κ1) is 16.4. The Morgan fingerprint density at radius 3 is 2.33 bits per heavy atom. The van der Waals surface area contributed by atoms with E-state index in [9.17, 15) is 8.78 Å². The molecule has 1 aromatic carbocycles. The zero-order chi connectivity index (χ0) is 13.9. The van der Waals surface area contributed by atoms with Gasteiger partial charge in [0.05, 0.1) is 6.04 Å². The molecule has 1 aromatic heterocycles. The molecular formula is C15H17ClF2N2S. The smallest absolute Gasteiger partial charge is 0.126 e. The SMILES string of the molecule is Cl.Fc1cc(F)cc([C@H](c2cccs2)N2CCNCC2)c1. The topological polar surface area (TPSA) is 15.3 Å². The van der Waals surface area contributed by atoms with Crippen molar-refractivity contribution in [1.82, 2.24) is 10.2 Å². The number of nitrogens with one attached hydrogen (secondary N) is 1. The van der Waals surface area contributed by atoms with Crippen molar-refractivity contribution in [2.75, 3.05) is 26.2 Å². The molecule has 0 amide bonds. The van der Waals surface area contributed by atoms with Crippen LogP contribution in [0.25, 0.3) is 0 Å². The molecule has 114 valence electrons. The molecule has 21 heavy (non-hydrogen) atoms. The van der Waals surface area contributed by atoms with Crippen LogP contribution in [0.4, 0.5) is 8.78 Å². The third-order valence-corrected chi connectivity index (χ3v) is 4.45. The normalized spacial score (nSPS) is 17.2. The lowest BCUT2D eigenvalue weighted by Crippen LogP contribution is -2.45. The van der Waals surface area contributed by atoms with Crippen LogP contribution in [0, 0.1) is 11.6 Å². The molecule has 2 nitrogen and oxygen atoms in total. The van der Waals surface area contributed by atoms with Gasteiger partial charge in [0.15, 0.2) is 0 Å². The molecule has 0 aliphatic carbocycles. The molecule has 2 aromatic rings. The van der Waals surface area contributed by atoms with E-state index in [1.807, 2.05) is 17.5 Å². The molecular weight excluding hydrogens is 314 g/mol. The maximum Gasteiger partial charge on any atom is 0.126 e. The summed E-state index contributed by atoms with van der Waals surface area (Å²) in [5, 5.41) is 5.30. The second-order valence-electron chi connectivity index (χ2n) is 4.91. The van der Waals surface area contributed by atoms with Crippen molar-refractivity contribution < 1.29 is 8.78 Å². The summed E-state index contributed by atoms with van der Waals surface area (Å²) in [5.74, 6) is -1.03. The minimum Gasteiger partial charge on any atom is -0.314 e. The Kier molecular flexibility index (Phi) is 5.70. The van der Waals surface area contributed by atoms with Gasteiger partial charge >= 0.3 is 0 Å². The van der Waals surface area contributed by atoms with Crippen molar-refractivity contribution >= 4 is 23.7 Å². The van der Waals surface area contributed by atoms with E-state index < -0.39 is 11.6 Å². The zero-order valence-corrected chi connectivity index (χ0v) is 13.0. The highest BCUT2D eigenvalue weighted by Gasteiger charge is 2.25. The molecule has 1 N–H and O–H groups in total. The van der Waals surface area contributed by atoms with Crippen LogP contribution in [0.2, 0.25) is 0 Å². The van der Waals surface area contributed by atoms with Crippen molar-refractivity contribution in [2.45, 2.75) is 6.04 Å². The Hall–Kier alpha value is -1.01. The van der Waals surface area contributed by atoms with E-state index in [2.05, 4.69) is 10.2 Å². The van der Waals surface area contributed by atoms with E-state index in [1.54, 1.807) is 11.3 Å². The molecule has 1 aliphatic rings. The molecule has 3 rings (SSSR count). The summed E-state index contributed by atoms with van der Waals surface area (Å²) in [5.41, 5.74) is 0.687. The van der Waals surface area contributed by atoms with Crippen LogP contribution in [0.5, 0.6) is 0 Å². The number of hydrogen-bond acceptors (Lipinski definition) is 3. The fourth-order valence-electron chi connectivity index (χ4n) is 2.68. The zero-order valence-electron chi connectivity index (χ0n) is 11.4. The second-order valence-corrected chi connectivity index (χ2v) is 5.89. The number of nitrogens with zero attached hydrogens (tertiary/aromatic N) is 1. The van der Waals surface area contributed by atoms with Gasteiger partial charge in [-0.15, -0.1) is 23.7 Å². The average Bonchev–Trinajstić information content (AvgIpc) is 2.93. The summed E-state index contributed by atoms with van der Waals surface area (Å²) < 4.78 is 27.1. The van der Waals surface area contributed by atoms with Gasteiger partial charge in [-0.05, 0) is 29.1 Å². The first-order valence-electron chi connectivity index (χ1n) is 6.68. The average molecular weight is 331 g/mol. The number of thiophene rings is 1. The molecule has 1 fully saturated rings. The van der Waals surface area contributed by atoms with Crippen LogP contribution in [-0.2, 0) is 0 Å². The third-order valence-electron chi connectivity index (χ3n) is 3.53. The van der Waals surface area contributed by atoms with E-state index in [1.165, 1.54) is 12.1 Å². The fraction of sp³-hybridized carbons (Fsp3) is 0.333. The lowest BCUT2D eigenvalue weighted by atomic mass is 10.0. The summed E-state index contributed by atoms with van der Waals surface area (Å²) in [6, 6.07) is 7.74. The van der Waals surface area contributed by atoms with E-state index in [0.29, 0.717) is 5.56 Å². The summed E-state index contributed by atoms with van der Waals surface area (Å²) in [7, 11) is 0. The first-order chi connectivity index (χ1) is 9.74. The van der Waals surface area contributed by atoms with Gasteiger partial charge in [0.25, 0.3) is 0 Å².